The van der Waals surface area contributed by atoms with Gasteiger partial charge in [0.2, 0.25) is 5.91 Å². The molecule has 8 heteroatoms. The summed E-state index contributed by atoms with van der Waals surface area (Å²) in [5, 5.41) is 8.89. The Morgan fingerprint density at radius 3 is 2.43 bits per heavy atom. The highest BCUT2D eigenvalue weighted by Crippen LogP contribution is 2.22. The van der Waals surface area contributed by atoms with E-state index in [2.05, 4.69) is 0 Å². The van der Waals surface area contributed by atoms with Crippen LogP contribution in [0.4, 0.5) is 0 Å². The molecule has 21 heavy (non-hydrogen) atoms. The highest BCUT2D eigenvalue weighted by atomic mass is 32.2. The molecule has 0 aliphatic carbocycles. The van der Waals surface area contributed by atoms with E-state index in [1.54, 1.807) is 0 Å². The molecule has 1 fully saturated rings. The number of carboxylic acid groups (broad SMARTS) is 1. The van der Waals surface area contributed by atoms with Crippen LogP contribution >= 0.6 is 0 Å². The first-order chi connectivity index (χ1) is 9.42. The molecule has 1 aliphatic rings. The molecule has 1 amide bonds. The fraction of sp³-hybridized carbons (Fsp3) is 0.846. The molecule has 0 aromatic rings. The first kappa shape index (κ1) is 17.9. The van der Waals surface area contributed by atoms with Crippen LogP contribution in [0.1, 0.15) is 33.6 Å². The van der Waals surface area contributed by atoms with Gasteiger partial charge in [-0.15, -0.1) is 0 Å². The number of rotatable bonds is 4. The molecular weight excluding hydrogens is 296 g/mol. The maximum atomic E-state index is 12.3. The number of sulfone groups is 1. The van der Waals surface area contributed by atoms with Crippen LogP contribution in [0.5, 0.6) is 0 Å². The van der Waals surface area contributed by atoms with Gasteiger partial charge in [-0.25, -0.2) is 8.42 Å². The molecule has 2 unspecified atom stereocenters. The summed E-state index contributed by atoms with van der Waals surface area (Å²) < 4.78 is 23.3. The quantitative estimate of drug-likeness (QED) is 0.744. The summed E-state index contributed by atoms with van der Waals surface area (Å²) in [5.41, 5.74) is 5.73. The summed E-state index contributed by atoms with van der Waals surface area (Å²) in [6.07, 6.45) is -0.282. The van der Waals surface area contributed by atoms with E-state index in [1.807, 2.05) is 20.8 Å². The van der Waals surface area contributed by atoms with Crippen molar-refractivity contribution in [2.75, 3.05) is 18.1 Å². The van der Waals surface area contributed by atoms with Crippen molar-refractivity contribution in [2.24, 2.45) is 11.1 Å². The summed E-state index contributed by atoms with van der Waals surface area (Å²) in [7, 11) is -3.29. The zero-order valence-corrected chi connectivity index (χ0v) is 13.5. The smallest absolute Gasteiger partial charge is 0.305 e. The number of nitrogens with two attached hydrogens (primary N) is 1. The maximum absolute atomic E-state index is 12.3. The molecule has 2 atom stereocenters. The Morgan fingerprint density at radius 2 is 1.95 bits per heavy atom. The van der Waals surface area contributed by atoms with Crippen molar-refractivity contribution in [3.63, 3.8) is 0 Å². The van der Waals surface area contributed by atoms with Gasteiger partial charge >= 0.3 is 5.97 Å². The van der Waals surface area contributed by atoms with Gasteiger partial charge in [0, 0.05) is 19.0 Å². The number of carboxylic acids is 1. The Hall–Kier alpha value is -1.15. The van der Waals surface area contributed by atoms with Crippen LogP contribution in [0.3, 0.4) is 0 Å². The standard InChI is InChI=1S/C13H24N2O5S/c1-13(2,3)10(14)7-11(16)15-4-5-21(19,20)8-9(15)6-12(17)18/h9-10H,4-8,14H2,1-3H3,(H,17,18). The monoisotopic (exact) mass is 320 g/mol. The predicted octanol–water partition coefficient (Wildman–Crippen LogP) is -0.150. The number of nitrogens with zero attached hydrogens (tertiary/aromatic N) is 1. The van der Waals surface area contributed by atoms with Crippen LogP contribution < -0.4 is 5.73 Å². The Balaban J connectivity index is 2.82. The second-order valence-electron chi connectivity index (χ2n) is 6.63. The lowest BCUT2D eigenvalue weighted by Gasteiger charge is -2.36. The third-order valence-electron chi connectivity index (χ3n) is 3.77. The van der Waals surface area contributed by atoms with Crippen molar-refractivity contribution in [3.05, 3.63) is 0 Å². The van der Waals surface area contributed by atoms with Gasteiger partial charge in [-0.1, -0.05) is 20.8 Å². The Morgan fingerprint density at radius 1 is 1.38 bits per heavy atom. The van der Waals surface area contributed by atoms with E-state index in [0.717, 1.165) is 0 Å². The molecule has 0 spiro atoms. The Labute approximate surface area is 125 Å². The number of hydrogen-bond donors (Lipinski definition) is 2. The lowest BCUT2D eigenvalue weighted by molar-refractivity contribution is -0.140. The van der Waals surface area contributed by atoms with E-state index in [-0.39, 0.29) is 48.3 Å². The first-order valence-corrected chi connectivity index (χ1v) is 8.72. The van der Waals surface area contributed by atoms with Gasteiger partial charge < -0.3 is 15.7 Å². The molecule has 0 bridgehead atoms. The number of aliphatic carboxylic acids is 1. The van der Waals surface area contributed by atoms with E-state index < -0.39 is 21.8 Å². The van der Waals surface area contributed by atoms with Gasteiger partial charge in [-0.3, -0.25) is 9.59 Å². The average molecular weight is 320 g/mol. The van der Waals surface area contributed by atoms with Gasteiger partial charge in [-0.2, -0.15) is 0 Å². The third kappa shape index (κ3) is 5.28. The number of carbonyl (C=O) groups is 2. The van der Waals surface area contributed by atoms with Gasteiger partial charge in [0.25, 0.3) is 0 Å². The van der Waals surface area contributed by atoms with Crippen molar-refractivity contribution < 1.29 is 23.1 Å². The average Bonchev–Trinajstić information content (AvgIpc) is 2.25. The van der Waals surface area contributed by atoms with Crippen LogP contribution in [-0.4, -0.2) is 60.4 Å². The molecule has 1 saturated heterocycles. The second-order valence-corrected chi connectivity index (χ2v) is 8.86. The minimum Gasteiger partial charge on any atom is -0.481 e. The summed E-state index contributed by atoms with van der Waals surface area (Å²) in [6, 6.07) is -1.17. The molecule has 1 rings (SSSR count). The highest BCUT2D eigenvalue weighted by molar-refractivity contribution is 7.91. The second kappa shape index (κ2) is 6.31. The lowest BCUT2D eigenvalue weighted by atomic mass is 9.85. The fourth-order valence-corrected chi connectivity index (χ4v) is 3.72. The van der Waals surface area contributed by atoms with E-state index in [1.165, 1.54) is 4.90 Å². The normalized spacial score (nSPS) is 23.6. The zero-order chi connectivity index (χ0) is 16.4. The summed E-state index contributed by atoms with van der Waals surface area (Å²) >= 11 is 0. The van der Waals surface area contributed by atoms with Gasteiger partial charge in [0.15, 0.2) is 9.84 Å². The number of hydrogen-bond acceptors (Lipinski definition) is 5. The highest BCUT2D eigenvalue weighted by Gasteiger charge is 2.36. The van der Waals surface area contributed by atoms with Gasteiger partial charge in [0.05, 0.1) is 24.0 Å². The molecule has 1 aliphatic heterocycles. The maximum Gasteiger partial charge on any atom is 0.305 e. The minimum absolute atomic E-state index is 0.0377. The molecule has 122 valence electrons. The zero-order valence-electron chi connectivity index (χ0n) is 12.7. The van der Waals surface area contributed by atoms with Crippen LogP contribution in [0.25, 0.3) is 0 Å². The van der Waals surface area contributed by atoms with Crippen LogP contribution in [0.2, 0.25) is 0 Å². The molecule has 0 radical (unpaired) electrons. The van der Waals surface area contributed by atoms with Crippen LogP contribution in [0.15, 0.2) is 0 Å². The number of amides is 1. The summed E-state index contributed by atoms with van der Waals surface area (Å²) in [6.45, 7) is 5.79. The molecule has 0 aromatic heterocycles. The van der Waals surface area contributed by atoms with Crippen molar-refractivity contribution in [1.29, 1.82) is 0 Å². The molecule has 3 N–H and O–H groups in total. The van der Waals surface area contributed by atoms with Crippen molar-refractivity contribution in [2.45, 2.75) is 45.7 Å². The number of carbonyl (C=O) groups excluding carboxylic acids is 1. The van der Waals surface area contributed by atoms with Crippen LogP contribution in [0, 0.1) is 5.41 Å². The van der Waals surface area contributed by atoms with E-state index >= 15 is 0 Å². The molecule has 0 aromatic carbocycles. The third-order valence-corrected chi connectivity index (χ3v) is 5.47. The van der Waals surface area contributed by atoms with Gasteiger partial charge in [-0.05, 0) is 5.41 Å². The molecule has 7 nitrogen and oxygen atoms in total. The van der Waals surface area contributed by atoms with Crippen LogP contribution in [-0.2, 0) is 19.4 Å². The van der Waals surface area contributed by atoms with E-state index in [9.17, 15) is 18.0 Å². The van der Waals surface area contributed by atoms with E-state index in [4.69, 9.17) is 10.8 Å². The topological polar surface area (TPSA) is 118 Å². The molecular formula is C13H24N2O5S. The predicted molar refractivity (Wildman–Crippen MR) is 78.5 cm³/mol. The molecule has 0 saturated carbocycles. The largest absolute Gasteiger partial charge is 0.481 e. The Kier molecular flexibility index (Phi) is 5.38. The fourth-order valence-electron chi connectivity index (χ4n) is 2.20. The Bertz CT molecular complexity index is 509. The lowest BCUT2D eigenvalue weighted by Crippen LogP contribution is -2.53. The van der Waals surface area contributed by atoms with Crippen molar-refractivity contribution in [3.8, 4) is 0 Å². The van der Waals surface area contributed by atoms with Crippen molar-refractivity contribution in [1.82, 2.24) is 4.90 Å². The first-order valence-electron chi connectivity index (χ1n) is 6.89. The van der Waals surface area contributed by atoms with E-state index in [0.29, 0.717) is 0 Å². The summed E-state index contributed by atoms with van der Waals surface area (Å²) in [5.74, 6) is -1.82. The van der Waals surface area contributed by atoms with Crippen molar-refractivity contribution >= 4 is 21.7 Å². The molecule has 1 heterocycles. The SMILES string of the molecule is CC(C)(C)C(N)CC(=O)N1CCS(=O)(=O)CC1CC(=O)O. The van der Waals surface area contributed by atoms with Gasteiger partial charge in [0.1, 0.15) is 0 Å². The minimum atomic E-state index is -3.29. The summed E-state index contributed by atoms with van der Waals surface area (Å²) in [4.78, 5) is 24.5.